The van der Waals surface area contributed by atoms with E-state index in [1.807, 2.05) is 36.5 Å². The molecule has 0 aliphatic carbocycles. The first-order valence-electron chi connectivity index (χ1n) is 14.5. The largest absolute Gasteiger partial charge is 0.469 e. The van der Waals surface area contributed by atoms with Crippen molar-refractivity contribution >= 4 is 19.8 Å². The summed E-state index contributed by atoms with van der Waals surface area (Å²) in [7, 11) is -4.75. The van der Waals surface area contributed by atoms with E-state index in [9.17, 15) is 14.2 Å². The molecular formula is C30H51O8P. The number of carbonyl (C=O) groups is 2. The van der Waals surface area contributed by atoms with E-state index in [-0.39, 0.29) is 19.4 Å². The zero-order valence-corrected chi connectivity index (χ0v) is 24.9. The summed E-state index contributed by atoms with van der Waals surface area (Å²) in [4.78, 5) is 42.2. The molecule has 8 nitrogen and oxygen atoms in total. The number of phosphoric ester groups is 1. The lowest BCUT2D eigenvalue weighted by Crippen LogP contribution is -2.29. The number of hydrogen-bond acceptors (Lipinski definition) is 6. The highest BCUT2D eigenvalue weighted by Gasteiger charge is 2.22. The predicted molar refractivity (Wildman–Crippen MR) is 156 cm³/mol. The van der Waals surface area contributed by atoms with E-state index in [0.29, 0.717) is 6.42 Å². The Kier molecular flexibility index (Phi) is 24.9. The van der Waals surface area contributed by atoms with Gasteiger partial charge in [0.05, 0.1) is 6.61 Å². The SMILES string of the molecule is CC/C=C/C=C/C=C/C=C/CCCCCC(=O)OC(COC(=O)CCCCCCCCCC)COP(=O)(O)O. The minimum absolute atomic E-state index is 0.165. The van der Waals surface area contributed by atoms with E-state index >= 15 is 0 Å². The van der Waals surface area contributed by atoms with Crippen molar-refractivity contribution in [1.29, 1.82) is 0 Å². The van der Waals surface area contributed by atoms with E-state index in [1.54, 1.807) is 0 Å². The number of hydrogen-bond donors (Lipinski definition) is 2. The lowest BCUT2D eigenvalue weighted by Gasteiger charge is -2.18. The second kappa shape index (κ2) is 26.2. The maximum Gasteiger partial charge on any atom is 0.469 e. The molecule has 0 aromatic carbocycles. The zero-order valence-electron chi connectivity index (χ0n) is 24.0. The fourth-order valence-corrected chi connectivity index (χ4v) is 3.92. The Morgan fingerprint density at radius 1 is 0.692 bits per heavy atom. The molecule has 0 aliphatic rings. The van der Waals surface area contributed by atoms with Crippen LogP contribution in [0, 0.1) is 0 Å². The minimum Gasteiger partial charge on any atom is -0.462 e. The van der Waals surface area contributed by atoms with Crippen LogP contribution in [0.15, 0.2) is 48.6 Å². The fourth-order valence-electron chi connectivity index (χ4n) is 3.56. The molecule has 0 saturated carbocycles. The Balaban J connectivity index is 4.19. The van der Waals surface area contributed by atoms with E-state index in [1.165, 1.54) is 25.7 Å². The lowest BCUT2D eigenvalue weighted by atomic mass is 10.1. The molecule has 0 rings (SSSR count). The number of carbonyl (C=O) groups excluding carboxylic acids is 2. The Morgan fingerprint density at radius 3 is 1.85 bits per heavy atom. The van der Waals surface area contributed by atoms with Crippen molar-refractivity contribution in [3.63, 3.8) is 0 Å². The minimum atomic E-state index is -4.75. The smallest absolute Gasteiger partial charge is 0.462 e. The average molecular weight is 571 g/mol. The van der Waals surface area contributed by atoms with Crippen molar-refractivity contribution in [2.45, 2.75) is 116 Å². The van der Waals surface area contributed by atoms with Crippen molar-refractivity contribution in [2.24, 2.45) is 0 Å². The molecule has 0 aromatic rings. The van der Waals surface area contributed by atoms with Gasteiger partial charge in [0, 0.05) is 12.8 Å². The van der Waals surface area contributed by atoms with Crippen LogP contribution in [0.25, 0.3) is 0 Å². The van der Waals surface area contributed by atoms with Gasteiger partial charge in [0.2, 0.25) is 0 Å². The maximum atomic E-state index is 12.2. The second-order valence-corrected chi connectivity index (χ2v) is 10.7. The van der Waals surface area contributed by atoms with Crippen LogP contribution >= 0.6 is 7.82 Å². The third kappa shape index (κ3) is 28.8. The number of ether oxygens (including phenoxy) is 2. The summed E-state index contributed by atoms with van der Waals surface area (Å²) in [6.45, 7) is 3.42. The molecule has 1 atom stereocenters. The van der Waals surface area contributed by atoms with Crippen LogP contribution in [0.2, 0.25) is 0 Å². The Morgan fingerprint density at radius 2 is 1.23 bits per heavy atom. The van der Waals surface area contributed by atoms with Crippen LogP contribution in [-0.2, 0) is 28.2 Å². The molecule has 0 radical (unpaired) electrons. The second-order valence-electron chi connectivity index (χ2n) is 9.44. The molecule has 39 heavy (non-hydrogen) atoms. The Labute approximate surface area is 235 Å². The van der Waals surface area contributed by atoms with Crippen LogP contribution < -0.4 is 0 Å². The van der Waals surface area contributed by atoms with Gasteiger partial charge in [0.1, 0.15) is 6.61 Å². The van der Waals surface area contributed by atoms with Crippen LogP contribution in [0.5, 0.6) is 0 Å². The van der Waals surface area contributed by atoms with Gasteiger partial charge in [-0.2, -0.15) is 0 Å². The topological polar surface area (TPSA) is 119 Å². The Bertz CT molecular complexity index is 782. The summed E-state index contributed by atoms with van der Waals surface area (Å²) in [6, 6.07) is 0. The van der Waals surface area contributed by atoms with Crippen LogP contribution in [0.4, 0.5) is 0 Å². The normalized spacial score (nSPS) is 13.2. The molecule has 0 amide bonds. The van der Waals surface area contributed by atoms with Gasteiger partial charge in [0.15, 0.2) is 6.10 Å². The molecule has 0 saturated heterocycles. The number of esters is 2. The van der Waals surface area contributed by atoms with E-state index < -0.39 is 32.5 Å². The highest BCUT2D eigenvalue weighted by molar-refractivity contribution is 7.46. The summed E-state index contributed by atoms with van der Waals surface area (Å²) in [6.07, 6.45) is 28.5. The molecule has 0 bridgehead atoms. The quantitative estimate of drug-likeness (QED) is 0.0497. The third-order valence-electron chi connectivity index (χ3n) is 5.71. The van der Waals surface area contributed by atoms with Gasteiger partial charge in [-0.05, 0) is 32.1 Å². The molecule has 9 heteroatoms. The molecule has 224 valence electrons. The van der Waals surface area contributed by atoms with Crippen LogP contribution in [0.3, 0.4) is 0 Å². The maximum absolute atomic E-state index is 12.2. The third-order valence-corrected chi connectivity index (χ3v) is 6.19. The number of unbranched alkanes of at least 4 members (excludes halogenated alkanes) is 10. The van der Waals surface area contributed by atoms with Crippen molar-refractivity contribution in [3.8, 4) is 0 Å². The molecule has 0 aromatic heterocycles. The molecule has 0 spiro atoms. The first kappa shape index (κ1) is 37.0. The summed E-state index contributed by atoms with van der Waals surface area (Å²) in [5.41, 5.74) is 0. The molecule has 2 N–H and O–H groups in total. The van der Waals surface area contributed by atoms with Gasteiger partial charge >= 0.3 is 19.8 Å². The van der Waals surface area contributed by atoms with Crippen LogP contribution in [-0.4, -0.2) is 41.0 Å². The lowest BCUT2D eigenvalue weighted by molar-refractivity contribution is -0.161. The number of rotatable bonds is 25. The monoisotopic (exact) mass is 570 g/mol. The highest BCUT2D eigenvalue weighted by atomic mass is 31.2. The van der Waals surface area contributed by atoms with E-state index in [0.717, 1.165) is 51.4 Å². The summed E-state index contributed by atoms with van der Waals surface area (Å²) in [5, 5.41) is 0. The van der Waals surface area contributed by atoms with Crippen molar-refractivity contribution in [1.82, 2.24) is 0 Å². The molecule has 0 aliphatic heterocycles. The first-order valence-corrected chi connectivity index (χ1v) is 16.0. The molecule has 0 fully saturated rings. The predicted octanol–water partition coefficient (Wildman–Crippen LogP) is 7.67. The fraction of sp³-hybridized carbons (Fsp3) is 0.667. The van der Waals surface area contributed by atoms with E-state index in [2.05, 4.69) is 30.5 Å². The van der Waals surface area contributed by atoms with Crippen molar-refractivity contribution < 1.29 is 37.9 Å². The zero-order chi connectivity index (χ0) is 29.0. The number of allylic oxidation sites excluding steroid dienone is 8. The summed E-state index contributed by atoms with van der Waals surface area (Å²) in [5.74, 6) is -0.943. The Hall–Kier alpha value is -1.99. The van der Waals surface area contributed by atoms with Crippen LogP contribution in [0.1, 0.15) is 110 Å². The first-order chi connectivity index (χ1) is 18.8. The van der Waals surface area contributed by atoms with Gasteiger partial charge in [-0.1, -0.05) is 114 Å². The highest BCUT2D eigenvalue weighted by Crippen LogP contribution is 2.35. The van der Waals surface area contributed by atoms with Gasteiger partial charge in [-0.3, -0.25) is 14.1 Å². The van der Waals surface area contributed by atoms with Gasteiger partial charge in [0.25, 0.3) is 0 Å². The number of phosphoric acid groups is 1. The van der Waals surface area contributed by atoms with Gasteiger partial charge in [-0.25, -0.2) is 4.57 Å². The molecular weight excluding hydrogens is 519 g/mol. The van der Waals surface area contributed by atoms with Crippen molar-refractivity contribution in [2.75, 3.05) is 13.2 Å². The molecule has 0 heterocycles. The average Bonchev–Trinajstić information content (AvgIpc) is 2.89. The summed E-state index contributed by atoms with van der Waals surface area (Å²) < 4.78 is 26.0. The van der Waals surface area contributed by atoms with Crippen molar-refractivity contribution in [3.05, 3.63) is 48.6 Å². The van der Waals surface area contributed by atoms with E-state index in [4.69, 9.17) is 19.3 Å². The van der Waals surface area contributed by atoms with Gasteiger partial charge in [-0.15, -0.1) is 0 Å². The standard InChI is InChI=1S/C30H51O8P/c1-3-5-7-9-11-13-14-15-16-17-19-21-23-25-30(32)38-28(27-37-39(33,34)35)26-36-29(31)24-22-20-18-12-10-8-6-4-2/h5,7,9,11,13-16,28H,3-4,6,8,10,12,17-27H2,1-2H3,(H2,33,34,35)/b7-5+,11-9+,14-13+,16-15+. The summed E-state index contributed by atoms with van der Waals surface area (Å²) >= 11 is 0. The van der Waals surface area contributed by atoms with Gasteiger partial charge < -0.3 is 19.3 Å². The molecule has 1 unspecified atom stereocenters.